The van der Waals surface area contributed by atoms with Gasteiger partial charge in [-0.25, -0.2) is 39.7 Å². The fourth-order valence-electron chi connectivity index (χ4n) is 8.71. The van der Waals surface area contributed by atoms with Crippen molar-refractivity contribution < 1.29 is 4.79 Å². The van der Waals surface area contributed by atoms with Crippen LogP contribution >= 0.6 is 0 Å². The minimum atomic E-state index is -0.347. The smallest absolute Gasteiger partial charge is 0.328 e. The predicted octanol–water partition coefficient (Wildman–Crippen LogP) is 8.71. The van der Waals surface area contributed by atoms with E-state index < -0.39 is 0 Å². The number of nitrogens with one attached hydrogen (secondary N) is 4. The largest absolute Gasteiger partial charge is 0.398 e. The van der Waals surface area contributed by atoms with E-state index >= 15 is 0 Å². The first kappa shape index (κ1) is 68.6. The second kappa shape index (κ2) is 30.3. The molecule has 0 radical (unpaired) electrons. The molecule has 26 nitrogen and oxygen atoms in total. The number of amidine groups is 1. The van der Waals surface area contributed by atoms with Gasteiger partial charge in [-0.1, -0.05) is 13.2 Å². The maximum Gasteiger partial charge on any atom is 0.328 e. The minimum absolute atomic E-state index is 0.0631. The van der Waals surface area contributed by atoms with E-state index in [4.69, 9.17) is 17.2 Å². The molecule has 0 atom stereocenters. The molecule has 470 valence electrons. The summed E-state index contributed by atoms with van der Waals surface area (Å²) in [4.78, 5) is 96.7. The normalized spacial score (nSPS) is 12.8. The maximum atomic E-state index is 11.5. The molecule has 2 aliphatic heterocycles. The number of fused-ring (bicyclic) bond motifs is 4. The Bertz CT molecular complexity index is 4040. The molecular formula is C62H87N21O5. The van der Waals surface area contributed by atoms with Crippen LogP contribution in [0.1, 0.15) is 144 Å². The highest BCUT2D eigenvalue weighted by Crippen LogP contribution is 2.23. The van der Waals surface area contributed by atoms with Crippen molar-refractivity contribution in [3.8, 4) is 0 Å². The van der Waals surface area contributed by atoms with Gasteiger partial charge in [0.05, 0.1) is 23.7 Å². The number of pyridine rings is 2. The molecule has 11 heterocycles. The number of aryl methyl sites for hydroxylation is 3. The summed E-state index contributed by atoms with van der Waals surface area (Å²) in [5, 5.41) is 4.31. The molecule has 0 spiro atoms. The molecule has 0 aromatic carbocycles. The number of carbonyl (C=O) groups is 1. The molecule has 88 heavy (non-hydrogen) atoms. The molecule has 0 saturated heterocycles. The zero-order valence-corrected chi connectivity index (χ0v) is 53.7. The highest BCUT2D eigenvalue weighted by atomic mass is 16.2. The lowest BCUT2D eigenvalue weighted by Crippen LogP contribution is -2.38. The van der Waals surface area contributed by atoms with Crippen molar-refractivity contribution in [3.63, 3.8) is 0 Å². The van der Waals surface area contributed by atoms with E-state index in [1.807, 2.05) is 95.8 Å². The lowest BCUT2D eigenvalue weighted by Gasteiger charge is -2.29. The van der Waals surface area contributed by atoms with Gasteiger partial charge in [0, 0.05) is 108 Å². The van der Waals surface area contributed by atoms with Crippen molar-refractivity contribution in [3.05, 3.63) is 176 Å². The fourth-order valence-corrected chi connectivity index (χ4v) is 8.71. The summed E-state index contributed by atoms with van der Waals surface area (Å²) in [5.41, 5.74) is 22.6. The van der Waals surface area contributed by atoms with Gasteiger partial charge in [0.2, 0.25) is 0 Å². The second-order valence-electron chi connectivity index (χ2n) is 22.6. The molecule has 9 aromatic heterocycles. The number of aliphatic imine (C=N–C) groups is 1. The van der Waals surface area contributed by atoms with Gasteiger partial charge in [-0.2, -0.15) is 0 Å². The lowest BCUT2D eigenvalue weighted by atomic mass is 10.3. The number of nitrogens with zero attached hydrogens (tertiary/aromatic N) is 14. The number of aromatic amines is 3. The molecule has 0 bridgehead atoms. The number of rotatable bonds is 7. The number of hydrogen-bond acceptors (Lipinski definition) is 17. The third kappa shape index (κ3) is 17.5. The molecule has 0 unspecified atom stereocenters. The van der Waals surface area contributed by atoms with Gasteiger partial charge in [0.25, 0.3) is 22.6 Å². The van der Waals surface area contributed by atoms with E-state index in [2.05, 4.69) is 128 Å². The third-order valence-corrected chi connectivity index (χ3v) is 13.4. The molecule has 0 aliphatic carbocycles. The van der Waals surface area contributed by atoms with Crippen molar-refractivity contribution in [2.24, 2.45) is 10.7 Å². The molecule has 2 aliphatic rings. The Balaban J connectivity index is 0.000000187. The van der Waals surface area contributed by atoms with E-state index in [1.54, 1.807) is 76.4 Å². The number of amides is 1. The lowest BCUT2D eigenvalue weighted by molar-refractivity contribution is -0.116. The first-order valence-electron chi connectivity index (χ1n) is 28.9. The van der Waals surface area contributed by atoms with Crippen LogP contribution < -0.4 is 44.9 Å². The Hall–Kier alpha value is -10.1. The molecule has 0 fully saturated rings. The van der Waals surface area contributed by atoms with Crippen LogP contribution in [0.5, 0.6) is 0 Å². The van der Waals surface area contributed by atoms with Gasteiger partial charge in [0.15, 0.2) is 16.8 Å². The number of hydrogen-bond donors (Lipinski definition) is 7. The van der Waals surface area contributed by atoms with E-state index in [0.717, 1.165) is 33.5 Å². The molecular weight excluding hydrogens is 1120 g/mol. The van der Waals surface area contributed by atoms with Gasteiger partial charge >= 0.3 is 5.69 Å². The van der Waals surface area contributed by atoms with Crippen molar-refractivity contribution in [2.45, 2.75) is 160 Å². The zero-order chi connectivity index (χ0) is 65.6. The molecule has 11 rings (SSSR count). The number of aromatic nitrogens is 14. The molecule has 9 aromatic rings. The topological polar surface area (TPSA) is 344 Å². The number of imidazole rings is 2. The van der Waals surface area contributed by atoms with Crippen LogP contribution in [0, 0.1) is 20.8 Å². The van der Waals surface area contributed by atoms with E-state index in [9.17, 15) is 24.0 Å². The predicted molar refractivity (Wildman–Crippen MR) is 352 cm³/mol. The van der Waals surface area contributed by atoms with Crippen molar-refractivity contribution in [1.82, 2.24) is 82.8 Å². The summed E-state index contributed by atoms with van der Waals surface area (Å²) in [6, 6.07) is 9.56. The SMILES string of the molecule is C=C1N=C(N)C=CN1C(C)C.C=C1NC(=O)C=CN1C(C)C.CC(C)n1ccc2c(N)ccnc21.CC(C)n1cnc2c(N)ccnc21.Cc1cn(C(C)C)c(=O)[nH]c1=O.Cc1nc2c(ccn2C(C)C)c(=O)[nH]1.Cc1nc2c(ncn2C(C)C)c(=O)[nH]1. The second-order valence-corrected chi connectivity index (χ2v) is 22.6. The number of nitrogens with two attached hydrogens (primary N) is 3. The molecule has 0 saturated carbocycles. The van der Waals surface area contributed by atoms with Crippen LogP contribution in [0.15, 0.2) is 141 Å². The first-order chi connectivity index (χ1) is 41.3. The first-order valence-corrected chi connectivity index (χ1v) is 28.9. The maximum absolute atomic E-state index is 11.5. The monoisotopic (exact) mass is 1210 g/mol. The van der Waals surface area contributed by atoms with Crippen molar-refractivity contribution in [1.29, 1.82) is 0 Å². The van der Waals surface area contributed by atoms with Crippen LogP contribution in [-0.4, -0.2) is 101 Å². The number of anilines is 2. The average Bonchev–Trinajstić information content (AvgIpc) is 4.44. The Morgan fingerprint density at radius 3 is 1.51 bits per heavy atom. The molecule has 10 N–H and O–H groups in total. The summed E-state index contributed by atoms with van der Waals surface area (Å²) in [6.45, 7) is 41.3. The van der Waals surface area contributed by atoms with Crippen molar-refractivity contribution in [2.75, 3.05) is 11.5 Å². The summed E-state index contributed by atoms with van der Waals surface area (Å²) in [6.07, 6.45) is 19.3. The number of carbonyl (C=O) groups excluding carboxylic acids is 1. The third-order valence-electron chi connectivity index (χ3n) is 13.4. The van der Waals surface area contributed by atoms with E-state index in [1.165, 1.54) is 10.6 Å². The van der Waals surface area contributed by atoms with Crippen LogP contribution in [0.3, 0.4) is 0 Å². The van der Waals surface area contributed by atoms with Crippen LogP contribution in [0.25, 0.3) is 44.4 Å². The van der Waals surface area contributed by atoms with Crippen molar-refractivity contribution >= 4 is 67.5 Å². The Labute approximate surface area is 511 Å². The average molecular weight is 1210 g/mol. The van der Waals surface area contributed by atoms with Gasteiger partial charge < -0.3 is 60.6 Å². The number of nitrogen functional groups attached to an aromatic ring is 2. The quantitative estimate of drug-likeness (QED) is 0.0784. The highest BCUT2D eigenvalue weighted by Gasteiger charge is 2.16. The van der Waals surface area contributed by atoms with E-state index in [-0.39, 0.29) is 40.4 Å². The summed E-state index contributed by atoms with van der Waals surface area (Å²) in [5.74, 6) is 3.04. The van der Waals surface area contributed by atoms with Gasteiger partial charge in [-0.05, 0) is 148 Å². The number of H-pyrrole nitrogens is 3. The standard InChI is InChI=1S/C10H13N3O.C10H13N3.C9H12N4O.C9H12N4.C8H13N3.C8H12N2O2.C8H12N2O/c1-6(2)13-5-4-8-9(13)11-7(3)12-10(8)14;1-7(2)13-6-4-8-9(11)3-5-12-10(8)13;1-5(2)13-4-10-7-8(13)11-6(3)12-9(7)14;1-6(2)13-5-12-8-7(10)3-4-11-9(8)13;1-6(2)11-5-4-8(9)10-7(11)3;1-5(2)10-4-6(3)7(11)9-8(10)12;1-6(2)10-5-4-8(11)9-7(10)3/h4-6H,1-3H3,(H,11,12,14);3-7H,1-2H3,(H2,11,12);4-5H,1-3H3,(H,11,12,14);3-6H,1-2H3,(H2,10,11);4-6H,3H2,1-2H3,(H2,9,10);4-5H,1-3H3,(H,9,11,12);4-6H,3H2,1-2H3,(H,9,11). The fraction of sp³-hybridized carbons (Fsp3) is 0.387. The Morgan fingerprint density at radius 2 is 0.966 bits per heavy atom. The van der Waals surface area contributed by atoms with Crippen LogP contribution in [0.4, 0.5) is 11.4 Å². The summed E-state index contributed by atoms with van der Waals surface area (Å²) in [7, 11) is 0. The van der Waals surface area contributed by atoms with E-state index in [0.29, 0.717) is 87.1 Å². The van der Waals surface area contributed by atoms with Gasteiger partial charge in [0.1, 0.15) is 45.9 Å². The van der Waals surface area contributed by atoms with Crippen LogP contribution in [-0.2, 0) is 4.79 Å². The molecule has 1 amide bonds. The molecule has 26 heteroatoms. The Kier molecular flexibility index (Phi) is 23.6. The van der Waals surface area contributed by atoms with Gasteiger partial charge in [-0.3, -0.25) is 28.7 Å². The van der Waals surface area contributed by atoms with Crippen LogP contribution in [0.2, 0.25) is 0 Å². The minimum Gasteiger partial charge on any atom is -0.398 e. The summed E-state index contributed by atoms with van der Waals surface area (Å²) >= 11 is 0. The Morgan fingerprint density at radius 1 is 0.477 bits per heavy atom. The highest BCUT2D eigenvalue weighted by molar-refractivity contribution is 5.93. The van der Waals surface area contributed by atoms with Gasteiger partial charge in [-0.15, -0.1) is 0 Å². The summed E-state index contributed by atoms with van der Waals surface area (Å²) < 4.78 is 9.50. The zero-order valence-electron chi connectivity index (χ0n) is 53.7.